The molecule has 1 amide bonds. The van der Waals surface area contributed by atoms with Gasteiger partial charge in [-0.2, -0.15) is 0 Å². The predicted octanol–water partition coefficient (Wildman–Crippen LogP) is 5.38. The van der Waals surface area contributed by atoms with E-state index in [4.69, 9.17) is 4.74 Å². The lowest BCUT2D eigenvalue weighted by atomic mass is 10.1. The Hall–Kier alpha value is -2.98. The van der Waals surface area contributed by atoms with Crippen LogP contribution in [0.3, 0.4) is 0 Å². The van der Waals surface area contributed by atoms with Gasteiger partial charge in [-0.1, -0.05) is 66.4 Å². The van der Waals surface area contributed by atoms with Crippen LogP contribution in [0, 0.1) is 0 Å². The maximum Gasteiger partial charge on any atom is 0.265 e. The monoisotopic (exact) mass is 373 g/mol. The van der Waals surface area contributed by atoms with E-state index >= 15 is 0 Å². The number of fused-ring (bicyclic) bond motifs is 1. The van der Waals surface area contributed by atoms with E-state index in [0.29, 0.717) is 6.54 Å². The normalized spacial score (nSPS) is 14.9. The number of rotatable bonds is 4. The lowest BCUT2D eigenvalue weighted by Gasteiger charge is -2.30. The Bertz CT molecular complexity index is 981. The Morgan fingerprint density at radius 1 is 0.926 bits per heavy atom. The number of nitrogens with zero attached hydrogens (tertiary/aromatic N) is 1. The number of thioether (sulfide) groups is 1. The molecule has 4 rings (SSSR count). The number of hydrogen-bond acceptors (Lipinski definition) is 3. The Labute approximate surface area is 163 Å². The Kier molecular flexibility index (Phi) is 4.99. The highest BCUT2D eigenvalue weighted by Gasteiger charge is 2.28. The molecule has 0 radical (unpaired) electrons. The Balaban J connectivity index is 1.70. The molecule has 0 saturated heterocycles. The van der Waals surface area contributed by atoms with Crippen molar-refractivity contribution < 1.29 is 9.53 Å². The maximum absolute atomic E-state index is 13.2. The van der Waals surface area contributed by atoms with Crippen LogP contribution in [0.15, 0.2) is 88.7 Å². The Morgan fingerprint density at radius 2 is 1.63 bits per heavy atom. The van der Waals surface area contributed by atoms with Crippen molar-refractivity contribution in [3.05, 3.63) is 94.9 Å². The summed E-state index contributed by atoms with van der Waals surface area (Å²) >= 11 is 1.52. The average molecular weight is 373 g/mol. The van der Waals surface area contributed by atoms with Crippen molar-refractivity contribution in [2.45, 2.75) is 11.4 Å². The highest BCUT2D eigenvalue weighted by Crippen LogP contribution is 2.42. The molecule has 1 aliphatic rings. The number of para-hydroxylation sites is 1. The van der Waals surface area contributed by atoms with Crippen molar-refractivity contribution >= 4 is 29.4 Å². The molecule has 0 fully saturated rings. The van der Waals surface area contributed by atoms with Crippen molar-refractivity contribution in [3.8, 4) is 5.75 Å². The van der Waals surface area contributed by atoms with Crippen molar-refractivity contribution in [2.24, 2.45) is 0 Å². The van der Waals surface area contributed by atoms with Gasteiger partial charge in [-0.15, -0.1) is 0 Å². The third kappa shape index (κ3) is 3.76. The summed E-state index contributed by atoms with van der Waals surface area (Å²) in [6, 6.07) is 25.9. The molecule has 4 heteroatoms. The summed E-state index contributed by atoms with van der Waals surface area (Å²) in [7, 11) is 1.65. The van der Waals surface area contributed by atoms with E-state index in [9.17, 15) is 4.79 Å². The second-order valence-corrected chi connectivity index (χ2v) is 7.31. The van der Waals surface area contributed by atoms with Gasteiger partial charge in [-0.05, 0) is 41.5 Å². The van der Waals surface area contributed by atoms with Gasteiger partial charge in [-0.25, -0.2) is 0 Å². The van der Waals surface area contributed by atoms with E-state index in [-0.39, 0.29) is 5.91 Å². The highest BCUT2D eigenvalue weighted by atomic mass is 32.2. The number of carbonyl (C=O) groups excluding carboxylic acids is 1. The van der Waals surface area contributed by atoms with Gasteiger partial charge < -0.3 is 9.64 Å². The van der Waals surface area contributed by atoms with Gasteiger partial charge in [-0.3, -0.25) is 4.79 Å². The minimum Gasteiger partial charge on any atom is -0.497 e. The van der Waals surface area contributed by atoms with Crippen molar-refractivity contribution in [2.75, 3.05) is 12.0 Å². The third-order valence-corrected chi connectivity index (χ3v) is 5.51. The summed E-state index contributed by atoms with van der Waals surface area (Å²) in [5.74, 6) is 0.828. The van der Waals surface area contributed by atoms with E-state index in [2.05, 4.69) is 6.07 Å². The molecular weight excluding hydrogens is 354 g/mol. The number of amides is 1. The second-order valence-electron chi connectivity index (χ2n) is 6.23. The van der Waals surface area contributed by atoms with Crippen LogP contribution in [0.25, 0.3) is 6.08 Å². The van der Waals surface area contributed by atoms with Gasteiger partial charge in [0.2, 0.25) is 0 Å². The van der Waals surface area contributed by atoms with Crippen LogP contribution < -0.4 is 9.64 Å². The van der Waals surface area contributed by atoms with Gasteiger partial charge in [0, 0.05) is 4.90 Å². The molecule has 0 aliphatic carbocycles. The van der Waals surface area contributed by atoms with Crippen LogP contribution in [0.4, 0.5) is 5.69 Å². The lowest BCUT2D eigenvalue weighted by Crippen LogP contribution is -2.33. The fraction of sp³-hybridized carbons (Fsp3) is 0.0870. The lowest BCUT2D eigenvalue weighted by molar-refractivity contribution is -0.114. The number of hydrogen-bond donors (Lipinski definition) is 0. The van der Waals surface area contributed by atoms with Gasteiger partial charge in [0.15, 0.2) is 0 Å². The van der Waals surface area contributed by atoms with Crippen LogP contribution in [0.1, 0.15) is 11.1 Å². The predicted molar refractivity (Wildman–Crippen MR) is 111 cm³/mol. The molecule has 0 aromatic heterocycles. The van der Waals surface area contributed by atoms with Gasteiger partial charge in [0.25, 0.3) is 5.91 Å². The van der Waals surface area contributed by atoms with E-state index in [1.165, 1.54) is 11.8 Å². The van der Waals surface area contributed by atoms with Crippen molar-refractivity contribution in [3.63, 3.8) is 0 Å². The maximum atomic E-state index is 13.2. The fourth-order valence-corrected chi connectivity index (χ4v) is 4.10. The molecule has 0 unspecified atom stereocenters. The number of carbonyl (C=O) groups is 1. The first-order chi connectivity index (χ1) is 13.2. The minimum absolute atomic E-state index is 0.0263. The van der Waals surface area contributed by atoms with Crippen LogP contribution in [-0.2, 0) is 11.3 Å². The number of ether oxygens (including phenoxy) is 1. The van der Waals surface area contributed by atoms with Crippen molar-refractivity contribution in [1.82, 2.24) is 0 Å². The summed E-state index contributed by atoms with van der Waals surface area (Å²) in [6.45, 7) is 0.553. The number of anilines is 1. The largest absolute Gasteiger partial charge is 0.497 e. The molecule has 3 nitrogen and oxygen atoms in total. The quantitative estimate of drug-likeness (QED) is 0.576. The number of benzene rings is 3. The molecule has 27 heavy (non-hydrogen) atoms. The molecule has 3 aromatic carbocycles. The molecule has 0 spiro atoms. The standard InChI is InChI=1S/C23H19NO2S/c1-26-19-13-11-17(12-14-19)15-22-23(25)24(16-18-7-3-2-4-8-18)20-9-5-6-10-21(20)27-22/h2-15H,16H2,1H3/b22-15+. The summed E-state index contributed by atoms with van der Waals surface area (Å²) in [5, 5.41) is 0. The molecule has 1 heterocycles. The molecule has 1 aliphatic heterocycles. The zero-order valence-corrected chi connectivity index (χ0v) is 15.8. The summed E-state index contributed by atoms with van der Waals surface area (Å²) in [4.78, 5) is 16.9. The second kappa shape index (κ2) is 7.72. The summed E-state index contributed by atoms with van der Waals surface area (Å²) < 4.78 is 5.21. The third-order valence-electron chi connectivity index (χ3n) is 4.43. The zero-order chi connectivity index (χ0) is 18.6. The summed E-state index contributed by atoms with van der Waals surface area (Å²) in [6.07, 6.45) is 1.94. The van der Waals surface area contributed by atoms with Gasteiger partial charge in [0.1, 0.15) is 5.75 Å². The highest BCUT2D eigenvalue weighted by molar-refractivity contribution is 8.04. The minimum atomic E-state index is 0.0263. The van der Waals surface area contributed by atoms with Gasteiger partial charge >= 0.3 is 0 Å². The molecule has 0 N–H and O–H groups in total. The molecular formula is C23H19NO2S. The average Bonchev–Trinajstić information content (AvgIpc) is 2.72. The smallest absolute Gasteiger partial charge is 0.265 e. The molecule has 0 atom stereocenters. The number of methoxy groups -OCH3 is 1. The van der Waals surface area contributed by atoms with Crippen LogP contribution in [0.5, 0.6) is 5.75 Å². The van der Waals surface area contributed by atoms with E-state index in [0.717, 1.165) is 32.4 Å². The topological polar surface area (TPSA) is 29.5 Å². The first-order valence-electron chi connectivity index (χ1n) is 8.73. The van der Waals surface area contributed by atoms with E-state index in [1.807, 2.05) is 83.8 Å². The zero-order valence-electron chi connectivity index (χ0n) is 15.0. The molecule has 3 aromatic rings. The van der Waals surface area contributed by atoms with E-state index in [1.54, 1.807) is 7.11 Å². The molecule has 0 saturated carbocycles. The SMILES string of the molecule is COc1ccc(/C=C2/Sc3ccccc3N(Cc3ccccc3)C2=O)cc1. The fourth-order valence-electron chi connectivity index (χ4n) is 3.04. The summed E-state index contributed by atoms with van der Waals surface area (Å²) in [5.41, 5.74) is 3.05. The molecule has 0 bridgehead atoms. The van der Waals surface area contributed by atoms with Crippen molar-refractivity contribution in [1.29, 1.82) is 0 Å². The molecule has 134 valence electrons. The van der Waals surface area contributed by atoms with E-state index < -0.39 is 0 Å². The first-order valence-corrected chi connectivity index (χ1v) is 9.54. The Morgan fingerprint density at radius 3 is 2.37 bits per heavy atom. The van der Waals surface area contributed by atoms with Crippen LogP contribution in [0.2, 0.25) is 0 Å². The van der Waals surface area contributed by atoms with Gasteiger partial charge in [0.05, 0.1) is 24.2 Å². The van der Waals surface area contributed by atoms with Crippen LogP contribution in [-0.4, -0.2) is 13.0 Å². The first kappa shape index (κ1) is 17.4. The van der Waals surface area contributed by atoms with Crippen LogP contribution >= 0.6 is 11.8 Å².